The zero-order chi connectivity index (χ0) is 39.4. The van der Waals surface area contributed by atoms with Gasteiger partial charge >= 0.3 is 12.1 Å². The minimum absolute atomic E-state index is 0.110. The number of hydrogen-bond donors (Lipinski definition) is 1. The Labute approximate surface area is 314 Å². The normalized spacial score (nSPS) is 39.2. The highest BCUT2D eigenvalue weighted by Crippen LogP contribution is 2.43. The van der Waals surface area contributed by atoms with Gasteiger partial charge in [0.05, 0.1) is 17.8 Å². The van der Waals surface area contributed by atoms with Gasteiger partial charge in [-0.25, -0.2) is 4.79 Å². The van der Waals surface area contributed by atoms with E-state index in [0.29, 0.717) is 19.3 Å². The third-order valence-corrected chi connectivity index (χ3v) is 11.7. The number of aliphatic hydroxyl groups excluding tert-OH is 1. The van der Waals surface area contributed by atoms with Gasteiger partial charge in [0.2, 0.25) is 0 Å². The molecule has 0 bridgehead atoms. The van der Waals surface area contributed by atoms with Crippen molar-refractivity contribution in [3.05, 3.63) is 35.9 Å². The molecule has 3 aliphatic heterocycles. The quantitative estimate of drug-likeness (QED) is 0.211. The number of rotatable bonds is 9. The van der Waals surface area contributed by atoms with E-state index in [1.807, 2.05) is 56.3 Å². The summed E-state index contributed by atoms with van der Waals surface area (Å²) in [6.45, 7) is 13.7. The summed E-state index contributed by atoms with van der Waals surface area (Å²) in [5.74, 6) is -5.16. The van der Waals surface area contributed by atoms with Crippen LogP contribution in [0.25, 0.3) is 0 Å². The highest BCUT2D eigenvalue weighted by atomic mass is 16.7. The lowest BCUT2D eigenvalue weighted by atomic mass is 9.73. The Morgan fingerprint density at radius 3 is 2.28 bits per heavy atom. The van der Waals surface area contributed by atoms with E-state index in [9.17, 15) is 24.3 Å². The van der Waals surface area contributed by atoms with Crippen LogP contribution in [0.3, 0.4) is 0 Å². The van der Waals surface area contributed by atoms with E-state index in [-0.39, 0.29) is 30.8 Å². The van der Waals surface area contributed by atoms with Crippen LogP contribution < -0.4 is 0 Å². The molecule has 1 aromatic rings. The molecule has 3 heterocycles. The molecule has 4 rings (SSSR count). The third-order valence-electron chi connectivity index (χ3n) is 11.7. The maximum atomic E-state index is 14.6. The van der Waals surface area contributed by atoms with E-state index in [0.717, 1.165) is 5.56 Å². The molecule has 0 unspecified atom stereocenters. The number of carbonyl (C=O) groups is 4. The third kappa shape index (κ3) is 9.02. The molecule has 13 nitrogen and oxygen atoms in total. The van der Waals surface area contributed by atoms with Crippen molar-refractivity contribution in [1.82, 2.24) is 9.91 Å². The minimum Gasteiger partial charge on any atom is -0.457 e. The van der Waals surface area contributed by atoms with E-state index in [4.69, 9.17) is 23.7 Å². The fourth-order valence-corrected chi connectivity index (χ4v) is 8.48. The first-order valence-electron chi connectivity index (χ1n) is 19.0. The number of nitrogens with zero attached hydrogens (tertiary/aromatic N) is 3. The molecule has 3 saturated heterocycles. The lowest BCUT2D eigenvalue weighted by molar-refractivity contribution is -0.295. The zero-order valence-corrected chi connectivity index (χ0v) is 33.3. The molecule has 1 amide bonds. The first-order valence-corrected chi connectivity index (χ1v) is 19.0. The molecule has 3 aliphatic rings. The summed E-state index contributed by atoms with van der Waals surface area (Å²) in [6.07, 6.45) is -1.47. The van der Waals surface area contributed by atoms with Gasteiger partial charge in [0.15, 0.2) is 17.7 Å². The second-order valence-electron chi connectivity index (χ2n) is 15.9. The topological polar surface area (TPSA) is 154 Å². The SMILES string of the molecule is CC[C@H]1OC(=O)[C@H](C)C(=O)[C@H](C)[C@@H](O[C@@H]2O[C@H](C)C[C@H](N(C)C)[C@H]2O)[C@](C)(OC)C[C@@H](C)C(=O)[C@H](C)[C@H]2N(/N=C/CCc3ccccc3)C(=O)O[C@]12C. The molecule has 13 heteroatoms. The van der Waals surface area contributed by atoms with Gasteiger partial charge < -0.3 is 33.7 Å². The van der Waals surface area contributed by atoms with Crippen LogP contribution in [0, 0.1) is 23.7 Å². The minimum atomic E-state index is -1.48. The number of aliphatic hydroxyl groups is 1. The Kier molecular flexibility index (Phi) is 14.0. The summed E-state index contributed by atoms with van der Waals surface area (Å²) >= 11 is 0. The molecule has 3 fully saturated rings. The highest BCUT2D eigenvalue weighted by molar-refractivity contribution is 6.00. The smallest absolute Gasteiger partial charge is 0.431 e. The summed E-state index contributed by atoms with van der Waals surface area (Å²) in [4.78, 5) is 58.1. The van der Waals surface area contributed by atoms with Crippen LogP contribution in [-0.2, 0) is 44.5 Å². The van der Waals surface area contributed by atoms with Crippen LogP contribution in [0.5, 0.6) is 0 Å². The van der Waals surface area contributed by atoms with Crippen LogP contribution in [0.2, 0.25) is 0 Å². The van der Waals surface area contributed by atoms with Gasteiger partial charge in [-0.05, 0) is 79.5 Å². The number of benzene rings is 1. The van der Waals surface area contributed by atoms with Gasteiger partial charge in [-0.2, -0.15) is 10.1 Å². The van der Waals surface area contributed by atoms with E-state index in [1.54, 1.807) is 47.8 Å². The number of carbonyl (C=O) groups excluding carboxylic acids is 4. The Morgan fingerprint density at radius 2 is 1.68 bits per heavy atom. The summed E-state index contributed by atoms with van der Waals surface area (Å²) in [7, 11) is 5.22. The van der Waals surface area contributed by atoms with Crippen LogP contribution in [0.1, 0.15) is 86.6 Å². The Bertz CT molecular complexity index is 1470. The number of hydrogen-bond acceptors (Lipinski definition) is 12. The van der Waals surface area contributed by atoms with Gasteiger partial charge in [-0.1, -0.05) is 58.0 Å². The van der Waals surface area contributed by atoms with Crippen molar-refractivity contribution in [1.29, 1.82) is 0 Å². The van der Waals surface area contributed by atoms with Crippen molar-refractivity contribution < 1.29 is 48.0 Å². The molecule has 0 aromatic heterocycles. The van der Waals surface area contributed by atoms with Crippen molar-refractivity contribution >= 4 is 29.8 Å². The van der Waals surface area contributed by atoms with Crippen molar-refractivity contribution in [2.45, 2.75) is 141 Å². The molecule has 53 heavy (non-hydrogen) atoms. The summed E-state index contributed by atoms with van der Waals surface area (Å²) in [6, 6.07) is 8.65. The fraction of sp³-hybridized carbons (Fsp3) is 0.725. The van der Waals surface area contributed by atoms with Gasteiger partial charge in [-0.15, -0.1) is 0 Å². The summed E-state index contributed by atoms with van der Waals surface area (Å²) in [5, 5.41) is 17.1. The number of Topliss-reactive ketones (excluding diaryl/α,β-unsaturated/α-hetero) is 2. The molecule has 0 spiro atoms. The summed E-state index contributed by atoms with van der Waals surface area (Å²) < 4.78 is 30.9. The first kappa shape index (κ1) is 42.5. The first-order chi connectivity index (χ1) is 24.9. The molecular weight excluding hydrogens is 682 g/mol. The van der Waals surface area contributed by atoms with Crippen LogP contribution in [0.15, 0.2) is 35.4 Å². The second kappa shape index (κ2) is 17.5. The molecular formula is C40H61N3O10. The summed E-state index contributed by atoms with van der Waals surface area (Å²) in [5.41, 5.74) is -1.64. The van der Waals surface area contributed by atoms with Crippen molar-refractivity contribution in [3.8, 4) is 0 Å². The van der Waals surface area contributed by atoms with E-state index >= 15 is 0 Å². The predicted octanol–water partition coefficient (Wildman–Crippen LogP) is 4.81. The average Bonchev–Trinajstić information content (AvgIpc) is 3.39. The van der Waals surface area contributed by atoms with Crippen molar-refractivity contribution in [2.24, 2.45) is 28.8 Å². The van der Waals surface area contributed by atoms with Crippen LogP contribution in [-0.4, -0.2) is 120 Å². The number of cyclic esters (lactones) is 1. The zero-order valence-electron chi connectivity index (χ0n) is 33.3. The number of likely N-dealkylation sites (N-methyl/N-ethyl adjacent to an activating group) is 1. The lowest BCUT2D eigenvalue weighted by Crippen LogP contribution is -2.60. The number of methoxy groups -OCH3 is 1. The standard InChI is InChI=1S/C40H61N3O10/c1-12-30-40(8)34(43(38(48)53-40)41-20-16-19-28-17-14-13-15-18-28)25(4)31(44)23(2)22-39(7,49-11)35(26(5)32(45)27(6)36(47)51-30)52-37-33(46)29(42(9)10)21-24(3)50-37/h13-15,17-18,20,23-27,29-30,33-35,37,46H,12,16,19,21-22H2,1-11H3/b41-20+/t23-,24-,25+,26+,27-,29+,30-,33-,34-,35-,37+,39-,40-/m1/s1. The predicted molar refractivity (Wildman–Crippen MR) is 198 cm³/mol. The van der Waals surface area contributed by atoms with Gasteiger partial charge in [-0.3, -0.25) is 14.4 Å². The largest absolute Gasteiger partial charge is 0.457 e. The van der Waals surface area contributed by atoms with E-state index < -0.39 is 83.4 Å². The number of aryl methyl sites for hydroxylation is 1. The maximum absolute atomic E-state index is 14.6. The Balaban J connectivity index is 1.74. The highest BCUT2D eigenvalue weighted by Gasteiger charge is 2.61. The monoisotopic (exact) mass is 743 g/mol. The molecule has 1 N–H and O–H groups in total. The molecule has 0 saturated carbocycles. The number of ketones is 2. The number of esters is 1. The van der Waals surface area contributed by atoms with E-state index in [1.165, 1.54) is 19.0 Å². The molecule has 296 valence electrons. The number of ether oxygens (including phenoxy) is 5. The number of amides is 1. The lowest BCUT2D eigenvalue weighted by Gasteiger charge is -2.47. The second-order valence-corrected chi connectivity index (χ2v) is 15.9. The maximum Gasteiger partial charge on any atom is 0.431 e. The molecule has 0 radical (unpaired) electrons. The Hall–Kier alpha value is -3.23. The number of fused-ring (bicyclic) bond motifs is 1. The molecule has 1 aromatic carbocycles. The van der Waals surface area contributed by atoms with Gasteiger partial charge in [0, 0.05) is 37.1 Å². The van der Waals surface area contributed by atoms with E-state index in [2.05, 4.69) is 5.10 Å². The Morgan fingerprint density at radius 1 is 1.02 bits per heavy atom. The van der Waals surface area contributed by atoms with Crippen molar-refractivity contribution in [3.63, 3.8) is 0 Å². The van der Waals surface area contributed by atoms with Crippen molar-refractivity contribution in [2.75, 3.05) is 21.2 Å². The van der Waals surface area contributed by atoms with Crippen LogP contribution >= 0.6 is 0 Å². The fourth-order valence-electron chi connectivity index (χ4n) is 8.48. The average molecular weight is 744 g/mol. The van der Waals surface area contributed by atoms with Gasteiger partial charge in [0.25, 0.3) is 0 Å². The van der Waals surface area contributed by atoms with Gasteiger partial charge in [0.1, 0.15) is 30.0 Å². The van der Waals surface area contributed by atoms with Crippen LogP contribution in [0.4, 0.5) is 4.79 Å². The number of hydrazone groups is 1. The molecule has 0 aliphatic carbocycles. The molecule has 13 atom stereocenters.